The first-order chi connectivity index (χ1) is 6.07. The minimum absolute atomic E-state index is 0.0975. The monoisotopic (exact) mass is 190 g/mol. The second-order valence-corrected chi connectivity index (χ2v) is 2.61. The lowest BCUT2D eigenvalue weighted by Gasteiger charge is -2.09. The molecule has 1 rings (SSSR count). The number of nitrogens with zero attached hydrogens (tertiary/aromatic N) is 1. The molecule has 0 amide bonds. The fraction of sp³-hybridized carbons (Fsp3) is 0.375. The Kier molecular flexibility index (Phi) is 2.87. The van der Waals surface area contributed by atoms with Crippen molar-refractivity contribution in [3.05, 3.63) is 28.8 Å². The number of aromatic nitrogens is 1. The zero-order chi connectivity index (χ0) is 10.0. The zero-order valence-electron chi connectivity index (χ0n) is 7.02. The van der Waals surface area contributed by atoms with E-state index in [-0.39, 0.29) is 23.2 Å². The fourth-order valence-corrected chi connectivity index (χ4v) is 1.10. The number of rotatable bonds is 2. The Labute approximate surface area is 73.6 Å². The van der Waals surface area contributed by atoms with Crippen LogP contribution in [0.4, 0.5) is 13.2 Å². The van der Waals surface area contributed by atoms with Crippen LogP contribution < -0.4 is 5.73 Å². The Hall–Kier alpha value is -1.10. The summed E-state index contributed by atoms with van der Waals surface area (Å²) in [4.78, 5) is 3.21. The molecule has 0 bridgehead atoms. The molecule has 72 valence electrons. The van der Waals surface area contributed by atoms with Crippen LogP contribution in [0.15, 0.2) is 6.20 Å². The predicted molar refractivity (Wildman–Crippen MR) is 41.8 cm³/mol. The summed E-state index contributed by atoms with van der Waals surface area (Å²) in [6.07, 6.45) is -1.83. The second kappa shape index (κ2) is 3.74. The summed E-state index contributed by atoms with van der Waals surface area (Å²) in [6, 6.07) is 0. The van der Waals surface area contributed by atoms with Gasteiger partial charge in [-0.15, -0.1) is 0 Å². The Balaban J connectivity index is 3.30. The van der Waals surface area contributed by atoms with Gasteiger partial charge in [-0.05, 0) is 12.5 Å². The van der Waals surface area contributed by atoms with Gasteiger partial charge in [0.1, 0.15) is 0 Å². The maximum Gasteiger partial charge on any atom is 0.265 e. The highest BCUT2D eigenvalue weighted by molar-refractivity contribution is 5.32. The van der Waals surface area contributed by atoms with E-state index in [0.717, 1.165) is 6.20 Å². The van der Waals surface area contributed by atoms with Gasteiger partial charge in [0.05, 0.1) is 0 Å². The summed E-state index contributed by atoms with van der Waals surface area (Å²) in [7, 11) is 0. The van der Waals surface area contributed by atoms with Crippen LogP contribution in [0.1, 0.15) is 23.1 Å². The number of hydrogen-bond acceptors (Lipinski definition) is 2. The van der Waals surface area contributed by atoms with E-state index in [9.17, 15) is 13.2 Å². The minimum atomic E-state index is -2.66. The molecule has 0 aliphatic heterocycles. The molecule has 2 N–H and O–H groups in total. The molecule has 13 heavy (non-hydrogen) atoms. The number of hydrogen-bond donors (Lipinski definition) is 1. The Bertz CT molecular complexity index is 313. The van der Waals surface area contributed by atoms with Crippen molar-refractivity contribution in [1.29, 1.82) is 0 Å². The standard InChI is InChI=1S/C8H9F3N2/c1-4-5(2-12)6(7(9)10)3-13-8(4)11/h3,7H,2,12H2,1H3. The highest BCUT2D eigenvalue weighted by Crippen LogP contribution is 2.24. The van der Waals surface area contributed by atoms with Crippen molar-refractivity contribution in [2.24, 2.45) is 5.73 Å². The average molecular weight is 190 g/mol. The lowest BCUT2D eigenvalue weighted by atomic mass is 10.1. The first kappa shape index (κ1) is 9.98. The number of halogens is 3. The molecule has 0 fully saturated rings. The highest BCUT2D eigenvalue weighted by atomic mass is 19.3. The van der Waals surface area contributed by atoms with Crippen LogP contribution in [0.2, 0.25) is 0 Å². The quantitative estimate of drug-likeness (QED) is 0.723. The molecule has 0 atom stereocenters. The molecule has 0 radical (unpaired) electrons. The summed E-state index contributed by atoms with van der Waals surface area (Å²) in [5.74, 6) is -0.746. The van der Waals surface area contributed by atoms with Crippen LogP contribution in [-0.4, -0.2) is 4.98 Å². The van der Waals surface area contributed by atoms with E-state index in [4.69, 9.17) is 5.73 Å². The van der Waals surface area contributed by atoms with Crippen molar-refractivity contribution >= 4 is 0 Å². The molecule has 0 unspecified atom stereocenters. The maximum atomic E-state index is 12.8. The highest BCUT2D eigenvalue weighted by Gasteiger charge is 2.16. The van der Waals surface area contributed by atoms with E-state index >= 15 is 0 Å². The van der Waals surface area contributed by atoms with Crippen LogP contribution in [0.3, 0.4) is 0 Å². The molecule has 5 heteroatoms. The van der Waals surface area contributed by atoms with Gasteiger partial charge in [0.15, 0.2) is 0 Å². The number of alkyl halides is 2. The van der Waals surface area contributed by atoms with Gasteiger partial charge in [0.2, 0.25) is 5.95 Å². The zero-order valence-corrected chi connectivity index (χ0v) is 7.02. The van der Waals surface area contributed by atoms with Crippen LogP contribution in [-0.2, 0) is 6.54 Å². The van der Waals surface area contributed by atoms with E-state index in [1.165, 1.54) is 6.92 Å². The normalized spacial score (nSPS) is 10.9. The van der Waals surface area contributed by atoms with Crippen LogP contribution >= 0.6 is 0 Å². The Morgan fingerprint density at radius 1 is 1.54 bits per heavy atom. The van der Waals surface area contributed by atoms with Gasteiger partial charge in [-0.1, -0.05) is 0 Å². The topological polar surface area (TPSA) is 38.9 Å². The lowest BCUT2D eigenvalue weighted by molar-refractivity contribution is 0.149. The van der Waals surface area contributed by atoms with E-state index < -0.39 is 12.4 Å². The maximum absolute atomic E-state index is 12.8. The molecule has 0 saturated carbocycles. The van der Waals surface area contributed by atoms with Crippen molar-refractivity contribution in [2.45, 2.75) is 19.9 Å². The first-order valence-electron chi connectivity index (χ1n) is 3.70. The molecular weight excluding hydrogens is 181 g/mol. The smallest absolute Gasteiger partial charge is 0.265 e. The van der Waals surface area contributed by atoms with E-state index in [0.29, 0.717) is 0 Å². The Morgan fingerprint density at radius 3 is 2.62 bits per heavy atom. The number of nitrogens with two attached hydrogens (primary N) is 1. The third kappa shape index (κ3) is 1.80. The van der Waals surface area contributed by atoms with Crippen molar-refractivity contribution in [3.8, 4) is 0 Å². The number of pyridine rings is 1. The fourth-order valence-electron chi connectivity index (χ4n) is 1.10. The molecule has 2 nitrogen and oxygen atoms in total. The minimum Gasteiger partial charge on any atom is -0.326 e. The van der Waals surface area contributed by atoms with Gasteiger partial charge in [-0.2, -0.15) is 4.39 Å². The third-order valence-electron chi connectivity index (χ3n) is 1.87. The third-order valence-corrected chi connectivity index (χ3v) is 1.87. The Morgan fingerprint density at radius 2 is 2.15 bits per heavy atom. The van der Waals surface area contributed by atoms with Gasteiger partial charge in [0.25, 0.3) is 6.43 Å². The van der Waals surface area contributed by atoms with Crippen LogP contribution in [0.25, 0.3) is 0 Å². The van der Waals surface area contributed by atoms with Gasteiger partial charge in [0, 0.05) is 23.9 Å². The van der Waals surface area contributed by atoms with Gasteiger partial charge in [-0.3, -0.25) is 0 Å². The molecule has 0 aliphatic rings. The predicted octanol–water partition coefficient (Wildman–Crippen LogP) is 1.93. The SMILES string of the molecule is Cc1c(F)ncc(C(F)F)c1CN. The van der Waals surface area contributed by atoms with Crippen molar-refractivity contribution in [3.63, 3.8) is 0 Å². The molecule has 0 spiro atoms. The van der Waals surface area contributed by atoms with Crippen LogP contribution in [0.5, 0.6) is 0 Å². The molecule has 0 aromatic carbocycles. The van der Waals surface area contributed by atoms with Crippen molar-refractivity contribution < 1.29 is 13.2 Å². The summed E-state index contributed by atoms with van der Waals surface area (Å²) >= 11 is 0. The van der Waals surface area contributed by atoms with E-state index in [2.05, 4.69) is 4.98 Å². The van der Waals surface area contributed by atoms with Crippen LogP contribution in [0, 0.1) is 12.9 Å². The largest absolute Gasteiger partial charge is 0.326 e. The molecule has 1 heterocycles. The average Bonchev–Trinajstić information content (AvgIpc) is 2.09. The summed E-state index contributed by atoms with van der Waals surface area (Å²) in [6.45, 7) is 1.28. The lowest BCUT2D eigenvalue weighted by Crippen LogP contribution is -2.07. The molecule has 1 aromatic rings. The molecular formula is C8H9F3N2. The summed E-state index contributed by atoms with van der Waals surface area (Å²) < 4.78 is 37.4. The summed E-state index contributed by atoms with van der Waals surface area (Å²) in [5.41, 5.74) is 5.18. The van der Waals surface area contributed by atoms with Gasteiger partial charge < -0.3 is 5.73 Å². The molecule has 1 aromatic heterocycles. The van der Waals surface area contributed by atoms with Crippen molar-refractivity contribution in [2.75, 3.05) is 0 Å². The van der Waals surface area contributed by atoms with Gasteiger partial charge >= 0.3 is 0 Å². The van der Waals surface area contributed by atoms with E-state index in [1.54, 1.807) is 0 Å². The summed E-state index contributed by atoms with van der Waals surface area (Å²) in [5, 5.41) is 0. The molecule has 0 aliphatic carbocycles. The first-order valence-corrected chi connectivity index (χ1v) is 3.70. The molecule has 0 saturated heterocycles. The van der Waals surface area contributed by atoms with Gasteiger partial charge in [-0.25, -0.2) is 13.8 Å². The second-order valence-electron chi connectivity index (χ2n) is 2.61. The van der Waals surface area contributed by atoms with Crippen molar-refractivity contribution in [1.82, 2.24) is 4.98 Å². The van der Waals surface area contributed by atoms with E-state index in [1.807, 2.05) is 0 Å².